The smallest absolute Gasteiger partial charge is 0.530 e. The summed E-state index contributed by atoms with van der Waals surface area (Å²) < 4.78 is 113. The van der Waals surface area contributed by atoms with Crippen LogP contribution in [0.1, 0.15) is 0 Å². The Hall–Kier alpha value is -2.82. The van der Waals surface area contributed by atoms with Crippen molar-refractivity contribution in [1.82, 2.24) is 0 Å². The summed E-state index contributed by atoms with van der Waals surface area (Å²) in [7, 11) is -2.65. The molecular weight excluding hydrogens is 387 g/mol. The fraction of sp³-hybridized carbons (Fsp3) is 0. The van der Waals surface area contributed by atoms with Crippen LogP contribution in [0.25, 0.3) is 10.8 Å². The summed E-state index contributed by atoms with van der Waals surface area (Å²) in [4.78, 5) is 0. The third-order valence-corrected chi connectivity index (χ3v) is 3.67. The van der Waals surface area contributed by atoms with Crippen LogP contribution >= 0.6 is 0 Å². The molecule has 0 fully saturated rings. The number of hydrogen-bond acceptors (Lipinski definition) is 2. The minimum atomic E-state index is -2.65. The third kappa shape index (κ3) is 3.07. The topological polar surface area (TPSA) is 29.5 Å². The summed E-state index contributed by atoms with van der Waals surface area (Å²) in [5.41, 5.74) is -1.23. The highest BCUT2D eigenvalue weighted by Crippen LogP contribution is 2.27. The molecule has 0 saturated heterocycles. The lowest BCUT2D eigenvalue weighted by Gasteiger charge is -2.15. The van der Waals surface area contributed by atoms with Gasteiger partial charge >= 0.3 is 7.12 Å². The zero-order valence-corrected chi connectivity index (χ0v) is 12.8. The first-order chi connectivity index (χ1) is 12.6. The second-order valence-electron chi connectivity index (χ2n) is 5.31. The molecule has 0 aliphatic carbocycles. The van der Waals surface area contributed by atoms with Crippen molar-refractivity contribution in [2.24, 2.45) is 0 Å². The summed E-state index contributed by atoms with van der Waals surface area (Å²) in [6.07, 6.45) is 0. The van der Waals surface area contributed by atoms with E-state index in [1.54, 1.807) is 0 Å². The maximum atomic E-state index is 14.1. The maximum absolute atomic E-state index is 14.1. The van der Waals surface area contributed by atoms with Crippen LogP contribution in [0.4, 0.5) is 35.1 Å². The van der Waals surface area contributed by atoms with Gasteiger partial charge in [-0.25, -0.2) is 30.7 Å². The average molecular weight is 392 g/mol. The normalized spacial score (nSPS) is 11.1. The Labute approximate surface area is 145 Å². The van der Waals surface area contributed by atoms with Crippen LogP contribution in [0.15, 0.2) is 24.3 Å². The van der Waals surface area contributed by atoms with Crippen molar-refractivity contribution in [3.63, 3.8) is 0 Å². The molecule has 0 spiro atoms. The number of rotatable bonds is 3. The van der Waals surface area contributed by atoms with Crippen LogP contribution in [0.2, 0.25) is 0 Å². The van der Waals surface area contributed by atoms with Crippen molar-refractivity contribution in [2.45, 2.75) is 0 Å². The molecule has 3 rings (SSSR count). The van der Waals surface area contributed by atoms with Crippen molar-refractivity contribution in [3.8, 4) is 5.75 Å². The minimum absolute atomic E-state index is 0.153. The molecule has 0 aliphatic rings. The molecule has 3 aromatic carbocycles. The highest BCUT2D eigenvalue weighted by Gasteiger charge is 2.33. The Morgan fingerprint density at radius 3 is 2.04 bits per heavy atom. The Morgan fingerprint density at radius 2 is 1.37 bits per heavy atom. The largest absolute Gasteiger partial charge is 0.563 e. The molecular formula is C16H5BF8O2. The number of hydrogen-bond donors (Lipinski definition) is 1. The lowest BCUT2D eigenvalue weighted by atomic mass is 9.75. The fourth-order valence-corrected chi connectivity index (χ4v) is 2.47. The van der Waals surface area contributed by atoms with E-state index < -0.39 is 75.6 Å². The van der Waals surface area contributed by atoms with Gasteiger partial charge in [0.2, 0.25) is 0 Å². The SMILES string of the molecule is OB(Oc1cc(F)cc(F)c1F)c1c(F)c(F)c(F)c2c(F)c(F)ccc12. The molecule has 0 unspecified atom stereocenters. The molecule has 3 aromatic rings. The standard InChI is InChI=1S/C16H5BF8O2/c18-5-3-8(20)12(21)9(4-5)27-17(26)11-6-1-2-7(19)13(22)10(6)14(23)16(25)15(11)24/h1-4,26H. The zero-order chi connectivity index (χ0) is 20.0. The fourth-order valence-electron chi connectivity index (χ4n) is 2.47. The third-order valence-electron chi connectivity index (χ3n) is 3.67. The molecule has 27 heavy (non-hydrogen) atoms. The highest BCUT2D eigenvalue weighted by molar-refractivity contribution is 6.64. The Balaban J connectivity index is 2.21. The van der Waals surface area contributed by atoms with Crippen molar-refractivity contribution >= 4 is 23.4 Å². The monoisotopic (exact) mass is 392 g/mol. The van der Waals surface area contributed by atoms with E-state index in [1.165, 1.54) is 0 Å². The quantitative estimate of drug-likeness (QED) is 0.319. The Bertz CT molecular complexity index is 1070. The van der Waals surface area contributed by atoms with Crippen LogP contribution in [-0.2, 0) is 0 Å². The molecule has 2 nitrogen and oxygen atoms in total. The predicted molar refractivity (Wildman–Crippen MR) is 78.3 cm³/mol. The lowest BCUT2D eigenvalue weighted by Crippen LogP contribution is -2.41. The lowest BCUT2D eigenvalue weighted by molar-refractivity contribution is 0.391. The van der Waals surface area contributed by atoms with Gasteiger partial charge in [-0.05, 0) is 11.5 Å². The number of benzene rings is 3. The average Bonchev–Trinajstić information content (AvgIpc) is 2.60. The molecule has 0 bridgehead atoms. The summed E-state index contributed by atoms with van der Waals surface area (Å²) in [5, 5.41) is 7.78. The summed E-state index contributed by atoms with van der Waals surface area (Å²) >= 11 is 0. The number of fused-ring (bicyclic) bond motifs is 1. The van der Waals surface area contributed by atoms with Gasteiger partial charge in [0.25, 0.3) is 0 Å². The summed E-state index contributed by atoms with van der Waals surface area (Å²) in [6, 6.07) is 1.50. The summed E-state index contributed by atoms with van der Waals surface area (Å²) in [6.45, 7) is 0. The van der Waals surface area contributed by atoms with Gasteiger partial charge in [-0.3, -0.25) is 0 Å². The molecule has 0 radical (unpaired) electrons. The number of halogens is 8. The van der Waals surface area contributed by atoms with E-state index in [4.69, 9.17) is 0 Å². The highest BCUT2D eigenvalue weighted by atomic mass is 19.2. The maximum Gasteiger partial charge on any atom is 0.563 e. The minimum Gasteiger partial charge on any atom is -0.530 e. The van der Waals surface area contributed by atoms with Crippen LogP contribution in [0.3, 0.4) is 0 Å². The molecule has 0 aliphatic heterocycles. The zero-order valence-electron chi connectivity index (χ0n) is 12.8. The van der Waals surface area contributed by atoms with Crippen LogP contribution < -0.4 is 10.1 Å². The molecule has 140 valence electrons. The van der Waals surface area contributed by atoms with Gasteiger partial charge in [-0.2, -0.15) is 4.39 Å². The van der Waals surface area contributed by atoms with Gasteiger partial charge in [0.1, 0.15) is 11.6 Å². The van der Waals surface area contributed by atoms with Gasteiger partial charge in [0.15, 0.2) is 40.7 Å². The van der Waals surface area contributed by atoms with E-state index >= 15 is 0 Å². The first-order valence-electron chi connectivity index (χ1n) is 7.06. The van der Waals surface area contributed by atoms with Crippen LogP contribution in [-0.4, -0.2) is 12.1 Å². The first kappa shape index (κ1) is 19.0. The molecule has 0 heterocycles. The van der Waals surface area contributed by atoms with Gasteiger partial charge in [-0.15, -0.1) is 0 Å². The van der Waals surface area contributed by atoms with Gasteiger partial charge in [0, 0.05) is 17.6 Å². The van der Waals surface area contributed by atoms with Gasteiger partial charge in [-0.1, -0.05) is 6.07 Å². The first-order valence-corrected chi connectivity index (χ1v) is 7.06. The molecule has 1 N–H and O–H groups in total. The second-order valence-corrected chi connectivity index (χ2v) is 5.31. The van der Waals surface area contributed by atoms with Crippen molar-refractivity contribution < 1.29 is 44.8 Å². The molecule has 0 atom stereocenters. The van der Waals surface area contributed by atoms with E-state index in [9.17, 15) is 40.1 Å². The predicted octanol–water partition coefficient (Wildman–Crippen LogP) is 3.72. The van der Waals surface area contributed by atoms with E-state index in [2.05, 4.69) is 4.65 Å². The van der Waals surface area contributed by atoms with Crippen LogP contribution in [0, 0.1) is 46.5 Å². The van der Waals surface area contributed by atoms with E-state index in [0.717, 1.165) is 0 Å². The van der Waals surface area contributed by atoms with E-state index in [1.807, 2.05) is 0 Å². The van der Waals surface area contributed by atoms with Crippen molar-refractivity contribution in [3.05, 3.63) is 70.8 Å². The van der Waals surface area contributed by atoms with E-state index in [-0.39, 0.29) is 6.07 Å². The van der Waals surface area contributed by atoms with Crippen molar-refractivity contribution in [2.75, 3.05) is 0 Å². The molecule has 0 aromatic heterocycles. The van der Waals surface area contributed by atoms with Crippen LogP contribution in [0.5, 0.6) is 5.75 Å². The van der Waals surface area contributed by atoms with E-state index in [0.29, 0.717) is 18.2 Å². The van der Waals surface area contributed by atoms with Gasteiger partial charge < -0.3 is 9.68 Å². The van der Waals surface area contributed by atoms with Gasteiger partial charge in [0.05, 0.1) is 5.39 Å². The molecule has 0 saturated carbocycles. The summed E-state index contributed by atoms with van der Waals surface area (Å²) in [5.74, 6) is -15.9. The molecule has 11 heteroatoms. The van der Waals surface area contributed by atoms with Crippen molar-refractivity contribution in [1.29, 1.82) is 0 Å². The Morgan fingerprint density at radius 1 is 0.704 bits per heavy atom. The second kappa shape index (κ2) is 6.73. The molecule has 0 amide bonds. The Kier molecular flexibility index (Phi) is 4.72.